The number of carboxylic acid groups (broad SMARTS) is 2. The van der Waals surface area contributed by atoms with E-state index in [0.29, 0.717) is 25.8 Å². The summed E-state index contributed by atoms with van der Waals surface area (Å²) in [6, 6.07) is 7.76. The summed E-state index contributed by atoms with van der Waals surface area (Å²) in [5.74, 6) is -1.58. The van der Waals surface area contributed by atoms with E-state index in [1.807, 2.05) is 24.3 Å². The topological polar surface area (TPSA) is 101 Å². The normalized spacial score (nSPS) is 24.3. The lowest BCUT2D eigenvalue weighted by molar-refractivity contribution is -0.153. The molecule has 1 aromatic rings. The number of carboxylic acids is 2. The SMILES string of the molecule is NCC[C@@]1(C(=O)O)CCCC[C@H]1c1ccc(CCC(=O)O)cc1. The van der Waals surface area contributed by atoms with E-state index in [1.54, 1.807) is 0 Å². The van der Waals surface area contributed by atoms with Crippen LogP contribution >= 0.6 is 0 Å². The van der Waals surface area contributed by atoms with Gasteiger partial charge in [-0.15, -0.1) is 0 Å². The van der Waals surface area contributed by atoms with Gasteiger partial charge in [-0.1, -0.05) is 37.1 Å². The minimum Gasteiger partial charge on any atom is -0.481 e. The van der Waals surface area contributed by atoms with Gasteiger partial charge in [-0.05, 0) is 43.4 Å². The zero-order valence-electron chi connectivity index (χ0n) is 13.3. The summed E-state index contributed by atoms with van der Waals surface area (Å²) in [6.07, 6.45) is 4.59. The molecule has 0 saturated heterocycles. The highest BCUT2D eigenvalue weighted by Crippen LogP contribution is 2.49. The van der Waals surface area contributed by atoms with Crippen molar-refractivity contribution in [3.8, 4) is 0 Å². The van der Waals surface area contributed by atoms with Gasteiger partial charge in [0.05, 0.1) is 5.41 Å². The lowest BCUT2D eigenvalue weighted by Crippen LogP contribution is -2.41. The molecule has 126 valence electrons. The highest BCUT2D eigenvalue weighted by molar-refractivity contribution is 5.76. The van der Waals surface area contributed by atoms with Gasteiger partial charge in [0.25, 0.3) is 0 Å². The first-order chi connectivity index (χ1) is 11.0. The van der Waals surface area contributed by atoms with E-state index in [4.69, 9.17) is 10.8 Å². The highest BCUT2D eigenvalue weighted by atomic mass is 16.4. The number of carbonyl (C=O) groups is 2. The second-order valence-corrected chi connectivity index (χ2v) is 6.43. The third-order valence-electron chi connectivity index (χ3n) is 5.06. The molecule has 0 bridgehead atoms. The van der Waals surface area contributed by atoms with E-state index in [1.165, 1.54) is 0 Å². The van der Waals surface area contributed by atoms with Crippen molar-refractivity contribution < 1.29 is 19.8 Å². The summed E-state index contributed by atoms with van der Waals surface area (Å²) >= 11 is 0. The molecule has 4 N–H and O–H groups in total. The maximum absolute atomic E-state index is 12.0. The van der Waals surface area contributed by atoms with Gasteiger partial charge in [-0.2, -0.15) is 0 Å². The van der Waals surface area contributed by atoms with Gasteiger partial charge >= 0.3 is 11.9 Å². The Labute approximate surface area is 136 Å². The summed E-state index contributed by atoms with van der Waals surface area (Å²) in [5.41, 5.74) is 6.92. The molecule has 5 nitrogen and oxygen atoms in total. The molecule has 1 aromatic carbocycles. The Kier molecular flexibility index (Phi) is 5.77. The molecular weight excluding hydrogens is 294 g/mol. The minimum atomic E-state index is -0.811. The summed E-state index contributed by atoms with van der Waals surface area (Å²) in [6.45, 7) is 0.374. The fourth-order valence-corrected chi connectivity index (χ4v) is 3.81. The van der Waals surface area contributed by atoms with Crippen LogP contribution in [0.25, 0.3) is 0 Å². The average molecular weight is 319 g/mol. The first-order valence-electron chi connectivity index (χ1n) is 8.23. The van der Waals surface area contributed by atoms with Crippen molar-refractivity contribution in [3.05, 3.63) is 35.4 Å². The first kappa shape index (κ1) is 17.5. The molecule has 0 unspecified atom stereocenters. The molecule has 1 fully saturated rings. The maximum Gasteiger partial charge on any atom is 0.310 e. The Bertz CT molecular complexity index is 551. The van der Waals surface area contributed by atoms with Crippen LogP contribution in [0, 0.1) is 5.41 Å². The summed E-state index contributed by atoms with van der Waals surface area (Å²) < 4.78 is 0. The fraction of sp³-hybridized carbons (Fsp3) is 0.556. The minimum absolute atomic E-state index is 0.0224. The molecule has 0 aromatic heterocycles. The van der Waals surface area contributed by atoms with Gasteiger partial charge < -0.3 is 15.9 Å². The van der Waals surface area contributed by atoms with Crippen molar-refractivity contribution in [3.63, 3.8) is 0 Å². The Morgan fingerprint density at radius 2 is 1.87 bits per heavy atom. The summed E-state index contributed by atoms with van der Waals surface area (Å²) in [5, 5.41) is 18.6. The van der Waals surface area contributed by atoms with Crippen molar-refractivity contribution in [1.29, 1.82) is 0 Å². The number of hydrogen-bond acceptors (Lipinski definition) is 3. The molecular formula is C18H25NO4. The predicted octanol–water partition coefficient (Wildman–Crippen LogP) is 2.78. The lowest BCUT2D eigenvalue weighted by atomic mass is 9.62. The maximum atomic E-state index is 12.0. The van der Waals surface area contributed by atoms with Crippen LogP contribution in [0.5, 0.6) is 0 Å². The largest absolute Gasteiger partial charge is 0.481 e. The Balaban J connectivity index is 2.23. The van der Waals surface area contributed by atoms with E-state index < -0.39 is 17.4 Å². The number of aryl methyl sites for hydroxylation is 1. The quantitative estimate of drug-likeness (QED) is 0.717. The van der Waals surface area contributed by atoms with Gasteiger partial charge in [-0.25, -0.2) is 0 Å². The van der Waals surface area contributed by atoms with Crippen LogP contribution in [0.2, 0.25) is 0 Å². The molecule has 5 heteroatoms. The Morgan fingerprint density at radius 3 is 2.43 bits per heavy atom. The number of rotatable bonds is 7. The number of nitrogens with two attached hydrogens (primary N) is 1. The second-order valence-electron chi connectivity index (χ2n) is 6.43. The standard InChI is InChI=1S/C18H25NO4/c19-12-11-18(17(22)23)10-2-1-3-15(18)14-7-4-13(5-8-14)6-9-16(20)21/h4-5,7-8,15H,1-3,6,9-12,19H2,(H,20,21)(H,22,23)/t15-,18-/m0/s1. The fourth-order valence-electron chi connectivity index (χ4n) is 3.81. The number of aliphatic carboxylic acids is 2. The van der Waals surface area contributed by atoms with Crippen LogP contribution in [0.4, 0.5) is 0 Å². The third-order valence-corrected chi connectivity index (χ3v) is 5.06. The second kappa shape index (κ2) is 7.59. The van der Waals surface area contributed by atoms with Crippen LogP contribution in [0.3, 0.4) is 0 Å². The molecule has 23 heavy (non-hydrogen) atoms. The van der Waals surface area contributed by atoms with Gasteiger partial charge in [0.15, 0.2) is 0 Å². The van der Waals surface area contributed by atoms with Gasteiger partial charge in [-0.3, -0.25) is 9.59 Å². The number of benzene rings is 1. The number of hydrogen-bond donors (Lipinski definition) is 3. The van der Waals surface area contributed by atoms with Crippen molar-refractivity contribution in [2.24, 2.45) is 11.1 Å². The molecule has 0 spiro atoms. The van der Waals surface area contributed by atoms with Crippen molar-refractivity contribution in [2.45, 2.75) is 50.9 Å². The average Bonchev–Trinajstić information content (AvgIpc) is 2.54. The van der Waals surface area contributed by atoms with Crippen molar-refractivity contribution in [1.82, 2.24) is 0 Å². The van der Waals surface area contributed by atoms with E-state index in [-0.39, 0.29) is 12.3 Å². The monoisotopic (exact) mass is 319 g/mol. The van der Waals surface area contributed by atoms with Crippen molar-refractivity contribution >= 4 is 11.9 Å². The van der Waals surface area contributed by atoms with E-state index in [9.17, 15) is 14.7 Å². The smallest absolute Gasteiger partial charge is 0.310 e. The zero-order chi connectivity index (χ0) is 16.9. The van der Waals surface area contributed by atoms with Crippen LogP contribution in [0.15, 0.2) is 24.3 Å². The van der Waals surface area contributed by atoms with E-state index >= 15 is 0 Å². The van der Waals surface area contributed by atoms with Gasteiger partial charge in [0.2, 0.25) is 0 Å². The Morgan fingerprint density at radius 1 is 1.17 bits per heavy atom. The molecule has 0 heterocycles. The Hall–Kier alpha value is -1.88. The molecule has 2 atom stereocenters. The van der Waals surface area contributed by atoms with Crippen LogP contribution in [-0.2, 0) is 16.0 Å². The molecule has 1 saturated carbocycles. The van der Waals surface area contributed by atoms with Gasteiger partial charge in [0, 0.05) is 12.3 Å². The third kappa shape index (κ3) is 3.91. The van der Waals surface area contributed by atoms with Crippen LogP contribution in [0.1, 0.15) is 55.6 Å². The van der Waals surface area contributed by atoms with E-state index in [0.717, 1.165) is 30.4 Å². The van der Waals surface area contributed by atoms with Crippen molar-refractivity contribution in [2.75, 3.05) is 6.54 Å². The molecule has 0 amide bonds. The summed E-state index contributed by atoms with van der Waals surface area (Å²) in [7, 11) is 0. The van der Waals surface area contributed by atoms with Crippen LogP contribution < -0.4 is 5.73 Å². The van der Waals surface area contributed by atoms with Gasteiger partial charge in [0.1, 0.15) is 0 Å². The lowest BCUT2D eigenvalue weighted by Gasteiger charge is -2.41. The molecule has 0 radical (unpaired) electrons. The first-order valence-corrected chi connectivity index (χ1v) is 8.23. The highest BCUT2D eigenvalue weighted by Gasteiger charge is 2.47. The molecule has 0 aliphatic heterocycles. The predicted molar refractivity (Wildman–Crippen MR) is 87.3 cm³/mol. The molecule has 1 aliphatic carbocycles. The van der Waals surface area contributed by atoms with Crippen LogP contribution in [-0.4, -0.2) is 28.7 Å². The summed E-state index contributed by atoms with van der Waals surface area (Å²) in [4.78, 5) is 22.6. The zero-order valence-corrected chi connectivity index (χ0v) is 13.3. The van der Waals surface area contributed by atoms with E-state index in [2.05, 4.69) is 0 Å². The molecule has 1 aliphatic rings. The molecule has 2 rings (SSSR count).